The highest BCUT2D eigenvalue weighted by Crippen LogP contribution is 2.36. The molecule has 4 rings (SSSR count). The number of hydrogen-bond donors (Lipinski definition) is 1. The smallest absolute Gasteiger partial charge is 0.292 e. The van der Waals surface area contributed by atoms with E-state index in [9.17, 15) is 14.9 Å². The zero-order valence-electron chi connectivity index (χ0n) is 17.5. The van der Waals surface area contributed by atoms with Crippen LogP contribution >= 0.6 is 0 Å². The third-order valence-corrected chi connectivity index (χ3v) is 5.78. The van der Waals surface area contributed by atoms with Gasteiger partial charge in [-0.3, -0.25) is 20.0 Å². The Morgan fingerprint density at radius 3 is 2.42 bits per heavy atom. The van der Waals surface area contributed by atoms with Gasteiger partial charge in [0.2, 0.25) is 0 Å². The fourth-order valence-corrected chi connectivity index (χ4v) is 4.17. The summed E-state index contributed by atoms with van der Waals surface area (Å²) in [6.07, 6.45) is 6.07. The van der Waals surface area contributed by atoms with E-state index >= 15 is 0 Å². The van der Waals surface area contributed by atoms with Crippen molar-refractivity contribution in [2.75, 3.05) is 18.0 Å². The SMILES string of the molecule is CCCC1CCN(c2cc(Oc3ccc(-n4[nH]ccc4=O)cc3)ccc2[N+](=O)[O-])CC1. The number of benzene rings is 2. The van der Waals surface area contributed by atoms with Crippen molar-refractivity contribution < 1.29 is 9.66 Å². The molecule has 31 heavy (non-hydrogen) atoms. The topological polar surface area (TPSA) is 93.4 Å². The Morgan fingerprint density at radius 1 is 1.10 bits per heavy atom. The molecule has 0 bridgehead atoms. The van der Waals surface area contributed by atoms with Gasteiger partial charge < -0.3 is 9.64 Å². The Balaban J connectivity index is 1.53. The van der Waals surface area contributed by atoms with Gasteiger partial charge in [-0.05, 0) is 49.1 Å². The van der Waals surface area contributed by atoms with Gasteiger partial charge in [0.25, 0.3) is 11.2 Å². The van der Waals surface area contributed by atoms with E-state index in [0.717, 1.165) is 25.9 Å². The third kappa shape index (κ3) is 4.63. The first kappa shape index (κ1) is 20.7. The van der Waals surface area contributed by atoms with Crippen LogP contribution in [0, 0.1) is 16.0 Å². The summed E-state index contributed by atoms with van der Waals surface area (Å²) in [4.78, 5) is 25.1. The average molecular weight is 422 g/mol. The van der Waals surface area contributed by atoms with E-state index in [1.165, 1.54) is 29.7 Å². The summed E-state index contributed by atoms with van der Waals surface area (Å²) in [5.41, 5.74) is 1.26. The van der Waals surface area contributed by atoms with Crippen LogP contribution < -0.4 is 15.2 Å². The molecule has 3 aromatic rings. The summed E-state index contributed by atoms with van der Waals surface area (Å²) in [6.45, 7) is 3.82. The molecule has 0 spiro atoms. The number of nitrogens with one attached hydrogen (secondary N) is 1. The summed E-state index contributed by atoms with van der Waals surface area (Å²) in [5.74, 6) is 1.83. The lowest BCUT2D eigenvalue weighted by molar-refractivity contribution is -0.384. The third-order valence-electron chi connectivity index (χ3n) is 5.78. The second-order valence-electron chi connectivity index (χ2n) is 7.86. The number of aromatic amines is 1. The predicted molar refractivity (Wildman–Crippen MR) is 119 cm³/mol. The van der Waals surface area contributed by atoms with Gasteiger partial charge in [-0.25, -0.2) is 4.68 Å². The first-order valence-electron chi connectivity index (χ1n) is 10.6. The highest BCUT2D eigenvalue weighted by molar-refractivity contribution is 5.66. The molecule has 1 aromatic heterocycles. The number of hydrogen-bond acceptors (Lipinski definition) is 5. The fraction of sp³-hybridized carbons (Fsp3) is 0.348. The van der Waals surface area contributed by atoms with Crippen molar-refractivity contribution in [3.63, 3.8) is 0 Å². The maximum Gasteiger partial charge on any atom is 0.292 e. The minimum atomic E-state index is -0.333. The molecule has 8 nitrogen and oxygen atoms in total. The van der Waals surface area contributed by atoms with Gasteiger partial charge in [-0.15, -0.1) is 0 Å². The molecule has 0 amide bonds. The summed E-state index contributed by atoms with van der Waals surface area (Å²) in [7, 11) is 0. The van der Waals surface area contributed by atoms with Gasteiger partial charge in [0.05, 0.1) is 10.6 Å². The Bertz CT molecular complexity index is 1100. The average Bonchev–Trinajstić information content (AvgIpc) is 3.21. The van der Waals surface area contributed by atoms with Crippen molar-refractivity contribution in [1.82, 2.24) is 9.78 Å². The van der Waals surface area contributed by atoms with Gasteiger partial charge in [-0.2, -0.15) is 0 Å². The maximum absolute atomic E-state index is 11.8. The van der Waals surface area contributed by atoms with E-state index in [0.29, 0.717) is 28.8 Å². The summed E-state index contributed by atoms with van der Waals surface area (Å²) in [5, 5.41) is 14.4. The van der Waals surface area contributed by atoms with E-state index in [4.69, 9.17) is 4.74 Å². The number of nitrogens with zero attached hydrogens (tertiary/aromatic N) is 3. The van der Waals surface area contributed by atoms with Crippen molar-refractivity contribution in [3.8, 4) is 17.2 Å². The summed E-state index contributed by atoms with van der Waals surface area (Å²) >= 11 is 0. The number of rotatable bonds is 7. The highest BCUT2D eigenvalue weighted by atomic mass is 16.6. The molecule has 162 valence electrons. The molecule has 1 aliphatic rings. The molecule has 0 saturated carbocycles. The largest absolute Gasteiger partial charge is 0.457 e. The number of H-pyrrole nitrogens is 1. The van der Waals surface area contributed by atoms with Crippen LogP contribution in [-0.4, -0.2) is 27.8 Å². The molecule has 0 unspecified atom stereocenters. The second kappa shape index (κ2) is 9.07. The first-order chi connectivity index (χ1) is 15.0. The molecule has 2 heterocycles. The van der Waals surface area contributed by atoms with Gasteiger partial charge >= 0.3 is 0 Å². The predicted octanol–water partition coefficient (Wildman–Crippen LogP) is 4.88. The zero-order valence-corrected chi connectivity index (χ0v) is 17.5. The fourth-order valence-electron chi connectivity index (χ4n) is 4.17. The molecule has 1 fully saturated rings. The van der Waals surface area contributed by atoms with Crippen molar-refractivity contribution in [3.05, 3.63) is 75.2 Å². The first-order valence-corrected chi connectivity index (χ1v) is 10.6. The Morgan fingerprint density at radius 2 is 1.81 bits per heavy atom. The lowest BCUT2D eigenvalue weighted by Gasteiger charge is -2.33. The lowest BCUT2D eigenvalue weighted by Crippen LogP contribution is -2.34. The van der Waals surface area contributed by atoms with Gasteiger partial charge in [0.1, 0.15) is 17.2 Å². The normalized spacial score (nSPS) is 14.5. The van der Waals surface area contributed by atoms with Crippen LogP contribution in [0.25, 0.3) is 5.69 Å². The molecule has 0 radical (unpaired) electrons. The Hall–Kier alpha value is -3.55. The molecular weight excluding hydrogens is 396 g/mol. The van der Waals surface area contributed by atoms with Crippen molar-refractivity contribution in [2.24, 2.45) is 5.92 Å². The van der Waals surface area contributed by atoms with Gasteiger partial charge in [-0.1, -0.05) is 19.8 Å². The van der Waals surface area contributed by atoms with Crippen LogP contribution in [0.3, 0.4) is 0 Å². The van der Waals surface area contributed by atoms with E-state index in [1.54, 1.807) is 42.6 Å². The Labute approximate surface area is 180 Å². The molecule has 0 aliphatic carbocycles. The number of piperidine rings is 1. The quantitative estimate of drug-likeness (QED) is 0.432. The molecule has 1 aliphatic heterocycles. The highest BCUT2D eigenvalue weighted by Gasteiger charge is 2.25. The van der Waals surface area contributed by atoms with Crippen LogP contribution in [0.5, 0.6) is 11.5 Å². The van der Waals surface area contributed by atoms with Crippen LogP contribution in [-0.2, 0) is 0 Å². The van der Waals surface area contributed by atoms with E-state index in [2.05, 4.69) is 16.9 Å². The van der Waals surface area contributed by atoms with Gasteiger partial charge in [0, 0.05) is 37.5 Å². The molecule has 1 N–H and O–H groups in total. The van der Waals surface area contributed by atoms with Crippen LogP contribution in [0.1, 0.15) is 32.6 Å². The molecule has 2 aromatic carbocycles. The number of anilines is 1. The number of aromatic nitrogens is 2. The summed E-state index contributed by atoms with van der Waals surface area (Å²) < 4.78 is 7.39. The standard InChI is InChI=1S/C23H26N4O4/c1-2-3-17-11-14-25(15-12-17)22-16-20(8-9-21(22)27(29)30)31-19-6-4-18(5-7-19)26-23(28)10-13-24-26/h4-10,13,16-17,24H,2-3,11-12,14-15H2,1H3. The van der Waals surface area contributed by atoms with E-state index in [-0.39, 0.29) is 16.2 Å². The van der Waals surface area contributed by atoms with Crippen molar-refractivity contribution >= 4 is 11.4 Å². The van der Waals surface area contributed by atoms with Crippen molar-refractivity contribution in [2.45, 2.75) is 32.6 Å². The number of ether oxygens (including phenoxy) is 1. The maximum atomic E-state index is 11.8. The number of nitro benzene ring substituents is 1. The second-order valence-corrected chi connectivity index (χ2v) is 7.86. The van der Waals surface area contributed by atoms with Gasteiger partial charge in [0.15, 0.2) is 0 Å². The minimum Gasteiger partial charge on any atom is -0.457 e. The van der Waals surface area contributed by atoms with Crippen molar-refractivity contribution in [1.29, 1.82) is 0 Å². The van der Waals surface area contributed by atoms with Crippen LogP contribution in [0.2, 0.25) is 0 Å². The number of nitro groups is 1. The molecule has 8 heteroatoms. The Kier molecular flexibility index (Phi) is 6.06. The molecule has 0 atom stereocenters. The minimum absolute atomic E-state index is 0.0998. The monoisotopic (exact) mass is 422 g/mol. The van der Waals surface area contributed by atoms with E-state index < -0.39 is 0 Å². The van der Waals surface area contributed by atoms with Crippen LogP contribution in [0.4, 0.5) is 11.4 Å². The van der Waals surface area contributed by atoms with Crippen LogP contribution in [0.15, 0.2) is 59.5 Å². The molecule has 1 saturated heterocycles. The zero-order chi connectivity index (χ0) is 21.8. The summed E-state index contributed by atoms with van der Waals surface area (Å²) in [6, 6.07) is 13.4. The lowest BCUT2D eigenvalue weighted by atomic mass is 9.92. The van der Waals surface area contributed by atoms with E-state index in [1.807, 2.05) is 0 Å². The molecular formula is C23H26N4O4.